The van der Waals surface area contributed by atoms with Crippen LogP contribution in [0.4, 0.5) is 17.1 Å². The third-order valence-electron chi connectivity index (χ3n) is 8.84. The number of carbonyl (C=O) groups is 1. The zero-order valence-electron chi connectivity index (χ0n) is 28.7. The van der Waals surface area contributed by atoms with Gasteiger partial charge in [0.05, 0.1) is 17.1 Å². The second-order valence-corrected chi connectivity index (χ2v) is 12.4. The van der Waals surface area contributed by atoms with Crippen LogP contribution in [-0.2, 0) is 24.9 Å². The second-order valence-electron chi connectivity index (χ2n) is 12.4. The van der Waals surface area contributed by atoms with E-state index < -0.39 is 0 Å². The molecule has 5 nitrogen and oxygen atoms in total. The Bertz CT molecular complexity index is 2110. The van der Waals surface area contributed by atoms with Gasteiger partial charge in [0.15, 0.2) is 5.78 Å². The number of allylic oxidation sites excluding steroid dienone is 2. The summed E-state index contributed by atoms with van der Waals surface area (Å²) in [6, 6.07) is 42.5. The van der Waals surface area contributed by atoms with Crippen LogP contribution >= 0.6 is 0 Å². The molecule has 5 aromatic carbocycles. The summed E-state index contributed by atoms with van der Waals surface area (Å²) in [5.41, 5.74) is 15.9. The number of para-hydroxylation sites is 3. The van der Waals surface area contributed by atoms with Gasteiger partial charge in [-0.1, -0.05) is 83.3 Å². The summed E-state index contributed by atoms with van der Waals surface area (Å²) in [4.78, 5) is 12.5. The number of aliphatic hydroxyl groups is 1. The van der Waals surface area contributed by atoms with Gasteiger partial charge in [-0.05, 0) is 87.5 Å². The number of hydrogen-bond acceptors (Lipinski definition) is 4. The molecule has 49 heavy (non-hydrogen) atoms. The first kappa shape index (κ1) is 35.3. The number of fused-ring (bicyclic) bond motifs is 2. The van der Waals surface area contributed by atoms with E-state index in [1.807, 2.05) is 35.1 Å². The summed E-state index contributed by atoms with van der Waals surface area (Å²) in [5, 5.41) is 13.0. The van der Waals surface area contributed by atoms with E-state index in [0.717, 1.165) is 16.9 Å². The van der Waals surface area contributed by atoms with Gasteiger partial charge in [-0.25, -0.2) is 0 Å². The van der Waals surface area contributed by atoms with Gasteiger partial charge in [0.2, 0.25) is 6.71 Å². The average molecular weight is 821 g/mol. The first-order chi connectivity index (χ1) is 23.2. The number of ketones is 1. The monoisotopic (exact) mass is 821 g/mol. The van der Waals surface area contributed by atoms with Crippen molar-refractivity contribution in [3.63, 3.8) is 0 Å². The molecule has 0 amide bonds. The molecule has 1 radical (unpaired) electrons. The van der Waals surface area contributed by atoms with Crippen molar-refractivity contribution in [1.29, 1.82) is 0 Å². The van der Waals surface area contributed by atoms with Crippen molar-refractivity contribution < 1.29 is 30.0 Å². The van der Waals surface area contributed by atoms with Gasteiger partial charge in [-0.15, -0.1) is 6.07 Å². The van der Waals surface area contributed by atoms with Crippen LogP contribution in [0.25, 0.3) is 16.9 Å². The zero-order valence-corrected chi connectivity index (χ0v) is 31.0. The summed E-state index contributed by atoms with van der Waals surface area (Å²) < 4.78 is 1.98. The molecule has 7 heteroatoms. The molecule has 1 aliphatic rings. The van der Waals surface area contributed by atoms with Crippen LogP contribution < -0.4 is 21.3 Å². The summed E-state index contributed by atoms with van der Waals surface area (Å²) in [6.07, 6.45) is 3.04. The first-order valence-corrected chi connectivity index (χ1v) is 16.2. The van der Waals surface area contributed by atoms with Gasteiger partial charge in [0.1, 0.15) is 0 Å². The number of hydrogen-bond donors (Lipinski definition) is 1. The molecule has 0 saturated heterocycles. The van der Waals surface area contributed by atoms with Crippen LogP contribution in [0.3, 0.4) is 0 Å². The van der Waals surface area contributed by atoms with E-state index in [4.69, 9.17) is 5.11 Å². The molecule has 247 valence electrons. The second kappa shape index (κ2) is 15.1. The third kappa shape index (κ3) is 7.10. The summed E-state index contributed by atoms with van der Waals surface area (Å²) in [5.74, 6) is -0.0625. The molecular weight excluding hydrogens is 782 g/mol. The Labute approximate surface area is 303 Å². The molecule has 0 unspecified atom stereocenters. The van der Waals surface area contributed by atoms with Gasteiger partial charge in [-0.2, -0.15) is 29.4 Å². The fourth-order valence-corrected chi connectivity index (χ4v) is 6.89. The smallest absolute Gasteiger partial charge is 0.247 e. The van der Waals surface area contributed by atoms with Crippen LogP contribution in [0, 0.1) is 33.8 Å². The van der Waals surface area contributed by atoms with Crippen LogP contribution in [-0.4, -0.2) is 27.4 Å². The minimum atomic E-state index is -0.125. The first-order valence-electron chi connectivity index (χ1n) is 16.2. The molecule has 0 fully saturated rings. The fraction of sp³-hybridized carbons (Fsp3) is 0.143. The van der Waals surface area contributed by atoms with E-state index in [1.165, 1.54) is 75.6 Å². The number of carbonyl (C=O) groups excluding carboxylic acids is 1. The molecule has 2 heterocycles. The van der Waals surface area contributed by atoms with Gasteiger partial charge in [0.25, 0.3) is 0 Å². The SMILES string of the molecule is CC(=O)C=C(C)O.Cc1cccc(C)c1B1c2ccccc2N(c2c(C)cccc2C)c2cc(-c3ccnn3-c3[c-]cccc3)ccc21.[Ir]. The topological polar surface area (TPSA) is 58.4 Å². The number of aromatic nitrogens is 2. The molecule has 1 aromatic heterocycles. The van der Waals surface area contributed by atoms with Crippen molar-refractivity contribution in [2.75, 3.05) is 4.90 Å². The minimum Gasteiger partial charge on any atom is -0.512 e. The van der Waals surface area contributed by atoms with Crippen molar-refractivity contribution in [3.8, 4) is 16.9 Å². The molecule has 0 atom stereocenters. The van der Waals surface area contributed by atoms with Gasteiger partial charge in [0, 0.05) is 49.3 Å². The van der Waals surface area contributed by atoms with E-state index in [9.17, 15) is 4.79 Å². The van der Waals surface area contributed by atoms with E-state index >= 15 is 0 Å². The predicted molar refractivity (Wildman–Crippen MR) is 200 cm³/mol. The average Bonchev–Trinajstić information content (AvgIpc) is 3.55. The number of rotatable bonds is 5. The van der Waals surface area contributed by atoms with Crippen molar-refractivity contribution in [1.82, 2.24) is 9.78 Å². The maximum Gasteiger partial charge on any atom is 0.247 e. The van der Waals surface area contributed by atoms with E-state index in [1.54, 1.807) is 0 Å². The standard InChI is InChI=1S/C37H31BN3.C5H8O2.Ir/c1-25-12-10-13-26(2)36(25)38-31-18-8-9-19-34(31)40(37-27(3)14-11-15-28(37)4)35-24-29(20-21-32(35)38)33-22-23-39-41(33)30-16-6-5-7-17-30;1-4(6)3-5(2)7;/h5-16,18-24H,1-4H3;3,6H,1-2H3;/q-1;;. The van der Waals surface area contributed by atoms with Crippen molar-refractivity contribution in [3.05, 3.63) is 156 Å². The molecule has 0 bridgehead atoms. The van der Waals surface area contributed by atoms with Crippen LogP contribution in [0.15, 0.2) is 127 Å². The Morgan fingerprint density at radius 2 is 1.39 bits per heavy atom. The Morgan fingerprint density at radius 3 is 2.00 bits per heavy atom. The summed E-state index contributed by atoms with van der Waals surface area (Å²) in [6.45, 7) is 11.9. The quantitative estimate of drug-likeness (QED) is 0.0831. The molecule has 6 aromatic rings. The van der Waals surface area contributed by atoms with E-state index in [0.29, 0.717) is 0 Å². The number of aryl methyl sites for hydroxylation is 4. The Morgan fingerprint density at radius 1 is 0.755 bits per heavy atom. The maximum atomic E-state index is 10.0. The number of anilines is 3. The van der Waals surface area contributed by atoms with Crippen molar-refractivity contribution in [2.45, 2.75) is 41.5 Å². The normalized spacial score (nSPS) is 11.9. The Kier molecular flexibility index (Phi) is 10.9. The predicted octanol–water partition coefficient (Wildman–Crippen LogP) is 7.91. The molecule has 1 aliphatic heterocycles. The van der Waals surface area contributed by atoms with Crippen molar-refractivity contribution >= 4 is 45.9 Å². The minimum absolute atomic E-state index is 0. The molecule has 7 rings (SSSR count). The summed E-state index contributed by atoms with van der Waals surface area (Å²) >= 11 is 0. The van der Waals surface area contributed by atoms with Gasteiger partial charge >= 0.3 is 0 Å². The van der Waals surface area contributed by atoms with Crippen LogP contribution in [0.1, 0.15) is 36.1 Å². The molecule has 0 aliphatic carbocycles. The number of benzene rings is 5. The molecule has 0 spiro atoms. The molecule has 1 N–H and O–H groups in total. The zero-order chi connectivity index (χ0) is 33.9. The van der Waals surface area contributed by atoms with Crippen LogP contribution in [0.2, 0.25) is 0 Å². The van der Waals surface area contributed by atoms with E-state index in [2.05, 4.69) is 129 Å². The number of nitrogens with zero attached hydrogens (tertiary/aromatic N) is 3. The van der Waals surface area contributed by atoms with Crippen LogP contribution in [0.5, 0.6) is 0 Å². The number of aliphatic hydroxyl groups excluding tert-OH is 1. The summed E-state index contributed by atoms with van der Waals surface area (Å²) in [7, 11) is 0. The third-order valence-corrected chi connectivity index (χ3v) is 8.84. The Hall–Kier alpha value is -4.97. The van der Waals surface area contributed by atoms with Gasteiger partial charge in [-0.3, -0.25) is 9.48 Å². The Balaban J connectivity index is 0.000000532. The van der Waals surface area contributed by atoms with Crippen molar-refractivity contribution in [2.24, 2.45) is 0 Å². The van der Waals surface area contributed by atoms with E-state index in [-0.39, 0.29) is 38.4 Å². The fourth-order valence-electron chi connectivity index (χ4n) is 6.89. The maximum absolute atomic E-state index is 10.0. The largest absolute Gasteiger partial charge is 0.512 e. The molecule has 0 saturated carbocycles. The molecular formula is C42H39BIrN3O2-. The van der Waals surface area contributed by atoms with Gasteiger partial charge < -0.3 is 10.0 Å².